The maximum absolute atomic E-state index is 12.3. The van der Waals surface area contributed by atoms with E-state index in [1.807, 2.05) is 25.1 Å². The van der Waals surface area contributed by atoms with Crippen molar-refractivity contribution in [1.82, 2.24) is 15.5 Å². The molecule has 114 valence electrons. The zero-order chi connectivity index (χ0) is 15.3. The first-order chi connectivity index (χ1) is 10.0. The summed E-state index contributed by atoms with van der Waals surface area (Å²) in [4.78, 5) is 0.117. The van der Waals surface area contributed by atoms with Crippen LogP contribution in [0, 0.1) is 0 Å². The molecule has 0 aliphatic heterocycles. The smallest absolute Gasteiger partial charge is 0.265 e. The first-order valence-corrected chi connectivity index (χ1v) is 8.37. The molecule has 7 heteroatoms. The van der Waals surface area contributed by atoms with E-state index in [1.165, 1.54) is 12.4 Å². The fourth-order valence-electron chi connectivity index (χ4n) is 2.03. The van der Waals surface area contributed by atoms with Crippen LogP contribution in [0.15, 0.2) is 41.6 Å². The quantitative estimate of drug-likeness (QED) is 0.732. The Hall–Kier alpha value is -1.86. The molecule has 1 atom stereocenters. The van der Waals surface area contributed by atoms with Gasteiger partial charge >= 0.3 is 0 Å². The molecule has 0 bridgehead atoms. The summed E-state index contributed by atoms with van der Waals surface area (Å²) in [5, 5.41) is 9.53. The highest BCUT2D eigenvalue weighted by molar-refractivity contribution is 7.92. The second kappa shape index (κ2) is 6.73. The van der Waals surface area contributed by atoms with E-state index < -0.39 is 10.0 Å². The van der Waals surface area contributed by atoms with Crippen LogP contribution in [0.3, 0.4) is 0 Å². The van der Waals surface area contributed by atoms with Gasteiger partial charge in [0.1, 0.15) is 4.90 Å². The van der Waals surface area contributed by atoms with Gasteiger partial charge < -0.3 is 5.32 Å². The van der Waals surface area contributed by atoms with Crippen molar-refractivity contribution in [3.63, 3.8) is 0 Å². The normalized spacial score (nSPS) is 13.0. The molecule has 21 heavy (non-hydrogen) atoms. The number of H-pyrrole nitrogens is 1. The number of para-hydroxylation sites is 1. The molecule has 2 aromatic rings. The van der Waals surface area contributed by atoms with Crippen molar-refractivity contribution in [1.29, 1.82) is 0 Å². The topological polar surface area (TPSA) is 86.9 Å². The molecule has 0 amide bonds. The number of hydrogen-bond acceptors (Lipinski definition) is 4. The average molecular weight is 308 g/mol. The van der Waals surface area contributed by atoms with E-state index in [2.05, 4.69) is 27.2 Å². The van der Waals surface area contributed by atoms with E-state index in [-0.39, 0.29) is 10.9 Å². The molecule has 0 spiro atoms. The molecule has 3 N–H and O–H groups in total. The Morgan fingerprint density at radius 2 is 2.10 bits per heavy atom. The van der Waals surface area contributed by atoms with Gasteiger partial charge in [0.2, 0.25) is 0 Å². The van der Waals surface area contributed by atoms with Crippen molar-refractivity contribution in [2.75, 3.05) is 11.3 Å². The number of aromatic amines is 1. The molecule has 0 aliphatic rings. The Labute approximate surface area is 125 Å². The van der Waals surface area contributed by atoms with E-state index in [0.29, 0.717) is 5.69 Å². The lowest BCUT2D eigenvalue weighted by molar-refractivity contribution is 0.571. The number of nitrogens with zero attached hydrogens (tertiary/aromatic N) is 1. The molecule has 0 aliphatic carbocycles. The summed E-state index contributed by atoms with van der Waals surface area (Å²) in [6.07, 6.45) is 3.65. The third-order valence-electron chi connectivity index (χ3n) is 3.16. The fraction of sp³-hybridized carbons (Fsp3) is 0.357. The second-order valence-corrected chi connectivity index (χ2v) is 6.48. The van der Waals surface area contributed by atoms with Gasteiger partial charge in [-0.25, -0.2) is 8.42 Å². The lowest BCUT2D eigenvalue weighted by Gasteiger charge is -2.18. The van der Waals surface area contributed by atoms with Crippen molar-refractivity contribution in [3.05, 3.63) is 42.2 Å². The minimum absolute atomic E-state index is 0.0631. The van der Waals surface area contributed by atoms with Crippen LogP contribution in [0.1, 0.15) is 31.9 Å². The molecule has 1 unspecified atom stereocenters. The zero-order valence-corrected chi connectivity index (χ0v) is 12.9. The fourth-order valence-corrected chi connectivity index (χ4v) is 3.02. The van der Waals surface area contributed by atoms with Gasteiger partial charge in [0.15, 0.2) is 0 Å². The highest BCUT2D eigenvalue weighted by Crippen LogP contribution is 2.25. The van der Waals surface area contributed by atoms with Gasteiger partial charge in [-0.1, -0.05) is 25.1 Å². The van der Waals surface area contributed by atoms with Crippen molar-refractivity contribution < 1.29 is 8.42 Å². The highest BCUT2D eigenvalue weighted by Gasteiger charge is 2.18. The number of nitrogens with one attached hydrogen (secondary N) is 3. The molecule has 2 rings (SSSR count). The van der Waals surface area contributed by atoms with Gasteiger partial charge in [-0.2, -0.15) is 5.10 Å². The summed E-state index contributed by atoms with van der Waals surface area (Å²) in [7, 11) is -3.62. The van der Waals surface area contributed by atoms with Gasteiger partial charge in [-0.15, -0.1) is 0 Å². The lowest BCUT2D eigenvalue weighted by Crippen LogP contribution is -2.21. The number of benzene rings is 1. The number of aromatic nitrogens is 2. The van der Waals surface area contributed by atoms with Crippen LogP contribution >= 0.6 is 0 Å². The molecule has 1 heterocycles. The van der Waals surface area contributed by atoms with Crippen molar-refractivity contribution >= 4 is 15.7 Å². The molecular weight excluding hydrogens is 288 g/mol. The van der Waals surface area contributed by atoms with E-state index in [4.69, 9.17) is 0 Å². The van der Waals surface area contributed by atoms with Gasteiger partial charge in [0.05, 0.1) is 11.9 Å². The van der Waals surface area contributed by atoms with E-state index in [9.17, 15) is 8.42 Å². The molecule has 6 nitrogen and oxygen atoms in total. The largest absolute Gasteiger partial charge is 0.310 e. The minimum Gasteiger partial charge on any atom is -0.310 e. The average Bonchev–Trinajstić information content (AvgIpc) is 3.00. The zero-order valence-electron chi connectivity index (χ0n) is 12.1. The first kappa shape index (κ1) is 15.5. The molecule has 0 fully saturated rings. The second-order valence-electron chi connectivity index (χ2n) is 4.80. The molecule has 1 aromatic heterocycles. The third-order valence-corrected chi connectivity index (χ3v) is 4.49. The van der Waals surface area contributed by atoms with Crippen LogP contribution in [0.4, 0.5) is 5.69 Å². The van der Waals surface area contributed by atoms with E-state index in [0.717, 1.165) is 18.5 Å². The Balaban J connectivity index is 2.25. The summed E-state index contributed by atoms with van der Waals surface area (Å²) in [6.45, 7) is 4.98. The monoisotopic (exact) mass is 308 g/mol. The third kappa shape index (κ3) is 3.83. The molecule has 1 aromatic carbocycles. The maximum atomic E-state index is 12.3. The standard InChI is InChI=1S/C14H20N4O2S/c1-3-8-15-11(2)13-6-4-5-7-14(13)18-21(19,20)12-9-16-17-10-12/h4-7,9-11,15,18H,3,8H2,1-2H3,(H,16,17). The van der Waals surface area contributed by atoms with Crippen LogP contribution < -0.4 is 10.0 Å². The van der Waals surface area contributed by atoms with Crippen LogP contribution in [0.2, 0.25) is 0 Å². The van der Waals surface area contributed by atoms with Gasteiger partial charge in [-0.05, 0) is 31.5 Å². The molecule has 0 saturated heterocycles. The van der Waals surface area contributed by atoms with Gasteiger partial charge in [0.25, 0.3) is 10.0 Å². The number of anilines is 1. The Morgan fingerprint density at radius 1 is 1.33 bits per heavy atom. The number of sulfonamides is 1. The highest BCUT2D eigenvalue weighted by atomic mass is 32.2. The summed E-state index contributed by atoms with van der Waals surface area (Å²) in [5.41, 5.74) is 1.49. The van der Waals surface area contributed by atoms with Gasteiger partial charge in [0, 0.05) is 12.2 Å². The summed E-state index contributed by atoms with van der Waals surface area (Å²) in [6, 6.07) is 7.45. The predicted octanol–water partition coefficient (Wildman–Crippen LogP) is 2.27. The SMILES string of the molecule is CCCNC(C)c1ccccc1NS(=O)(=O)c1cn[nH]c1. The van der Waals surface area contributed by atoms with E-state index in [1.54, 1.807) is 6.07 Å². The Bertz CT molecular complexity index is 668. The van der Waals surface area contributed by atoms with Crippen LogP contribution in [-0.2, 0) is 10.0 Å². The molecule has 0 saturated carbocycles. The first-order valence-electron chi connectivity index (χ1n) is 6.88. The number of hydrogen-bond donors (Lipinski definition) is 3. The maximum Gasteiger partial charge on any atom is 0.265 e. The van der Waals surface area contributed by atoms with Crippen LogP contribution in [0.25, 0.3) is 0 Å². The molecular formula is C14H20N4O2S. The van der Waals surface area contributed by atoms with Gasteiger partial charge in [-0.3, -0.25) is 9.82 Å². The van der Waals surface area contributed by atoms with Crippen LogP contribution in [0.5, 0.6) is 0 Å². The molecule has 0 radical (unpaired) electrons. The van der Waals surface area contributed by atoms with E-state index >= 15 is 0 Å². The van der Waals surface area contributed by atoms with Crippen molar-refractivity contribution in [2.24, 2.45) is 0 Å². The van der Waals surface area contributed by atoms with Crippen molar-refractivity contribution in [2.45, 2.75) is 31.2 Å². The van der Waals surface area contributed by atoms with Crippen LogP contribution in [-0.4, -0.2) is 25.2 Å². The lowest BCUT2D eigenvalue weighted by atomic mass is 10.1. The minimum atomic E-state index is -3.62. The summed E-state index contributed by atoms with van der Waals surface area (Å²) >= 11 is 0. The Morgan fingerprint density at radius 3 is 2.76 bits per heavy atom. The number of rotatable bonds is 7. The Kier molecular flexibility index (Phi) is 4.98. The summed E-state index contributed by atoms with van der Waals surface area (Å²) in [5.74, 6) is 0. The van der Waals surface area contributed by atoms with Crippen molar-refractivity contribution in [3.8, 4) is 0 Å². The predicted molar refractivity (Wildman–Crippen MR) is 82.5 cm³/mol. The summed E-state index contributed by atoms with van der Waals surface area (Å²) < 4.78 is 27.1.